The molecule has 0 spiro atoms. The summed E-state index contributed by atoms with van der Waals surface area (Å²) in [5.41, 5.74) is 1.40. The number of rotatable bonds is 4. The molecule has 0 saturated carbocycles. The van der Waals surface area contributed by atoms with E-state index in [-0.39, 0.29) is 11.6 Å². The van der Waals surface area contributed by atoms with Crippen LogP contribution in [0.1, 0.15) is 40.7 Å². The van der Waals surface area contributed by atoms with Crippen LogP contribution in [0, 0.1) is 6.92 Å². The molecule has 2 aliphatic rings. The van der Waals surface area contributed by atoms with Crippen LogP contribution in [0.15, 0.2) is 35.1 Å². The van der Waals surface area contributed by atoms with Crippen molar-refractivity contribution in [3.63, 3.8) is 0 Å². The van der Waals surface area contributed by atoms with E-state index in [2.05, 4.69) is 26.3 Å². The van der Waals surface area contributed by atoms with Crippen LogP contribution in [-0.2, 0) is 4.74 Å². The number of pyridine rings is 1. The molecule has 2 aliphatic heterocycles. The van der Waals surface area contributed by atoms with Gasteiger partial charge in [-0.15, -0.1) is 0 Å². The molecule has 156 valence electrons. The highest BCUT2D eigenvalue weighted by molar-refractivity contribution is 6.32. The summed E-state index contributed by atoms with van der Waals surface area (Å²) < 4.78 is 10.4. The predicted molar refractivity (Wildman–Crippen MR) is 114 cm³/mol. The number of likely N-dealkylation sites (tertiary alicyclic amines) is 1. The summed E-state index contributed by atoms with van der Waals surface area (Å²) in [4.78, 5) is 23.3. The lowest BCUT2D eigenvalue weighted by atomic mass is 9.87. The van der Waals surface area contributed by atoms with Gasteiger partial charge in [0.05, 0.1) is 19.3 Å². The molecule has 4 heterocycles. The number of benzene rings is 1. The molecule has 0 radical (unpaired) electrons. The normalized spacial score (nSPS) is 18.5. The van der Waals surface area contributed by atoms with Crippen molar-refractivity contribution < 1.29 is 13.9 Å². The number of hydrogen-bond acceptors (Lipinski definition) is 6. The molecule has 0 bridgehead atoms. The molecule has 30 heavy (non-hydrogen) atoms. The highest BCUT2D eigenvalue weighted by Gasteiger charge is 2.30. The maximum Gasteiger partial charge on any atom is 0.278 e. The summed E-state index contributed by atoms with van der Waals surface area (Å²) in [6.07, 6.45) is 5.24. The first-order valence-electron chi connectivity index (χ1n) is 10.2. The molecule has 1 N–H and O–H groups in total. The van der Waals surface area contributed by atoms with Crippen molar-refractivity contribution in [3.8, 4) is 0 Å². The number of piperidine rings is 1. The number of aryl methyl sites for hydroxylation is 1. The smallest absolute Gasteiger partial charge is 0.278 e. The molecule has 2 fully saturated rings. The van der Waals surface area contributed by atoms with Gasteiger partial charge in [0.2, 0.25) is 0 Å². The Labute approximate surface area is 179 Å². The van der Waals surface area contributed by atoms with Crippen LogP contribution < -0.4 is 5.32 Å². The highest BCUT2D eigenvalue weighted by Crippen LogP contribution is 2.36. The fourth-order valence-electron chi connectivity index (χ4n) is 4.22. The van der Waals surface area contributed by atoms with Gasteiger partial charge in [-0.2, -0.15) is 0 Å². The van der Waals surface area contributed by atoms with E-state index in [1.165, 1.54) is 11.8 Å². The third-order valence-electron chi connectivity index (χ3n) is 6.04. The topological polar surface area (TPSA) is 80.5 Å². The van der Waals surface area contributed by atoms with E-state index >= 15 is 0 Å². The van der Waals surface area contributed by atoms with Crippen LogP contribution in [0.25, 0.3) is 10.8 Å². The number of ether oxygens (including phenoxy) is 1. The number of nitrogens with zero attached hydrogens (tertiary/aromatic N) is 3. The predicted octanol–water partition coefficient (Wildman–Crippen LogP) is 4.02. The summed E-state index contributed by atoms with van der Waals surface area (Å²) in [6.45, 7) is 5.55. The second-order valence-electron chi connectivity index (χ2n) is 8.00. The number of amides is 1. The molecule has 1 amide bonds. The lowest BCUT2D eigenvalue weighted by Crippen LogP contribution is -2.51. The van der Waals surface area contributed by atoms with Crippen LogP contribution in [0.4, 0.5) is 5.82 Å². The highest BCUT2D eigenvalue weighted by atomic mass is 35.5. The van der Waals surface area contributed by atoms with Crippen LogP contribution in [0.2, 0.25) is 5.02 Å². The number of carbonyl (C=O) groups is 1. The minimum atomic E-state index is -0.347. The largest absolute Gasteiger partial charge is 0.448 e. The maximum absolute atomic E-state index is 12.3. The molecule has 0 atom stereocenters. The number of halogens is 1. The van der Waals surface area contributed by atoms with E-state index in [1.807, 2.05) is 12.1 Å². The molecule has 7 nitrogen and oxygen atoms in total. The first-order chi connectivity index (χ1) is 14.6. The summed E-state index contributed by atoms with van der Waals surface area (Å²) in [7, 11) is 0. The van der Waals surface area contributed by atoms with Gasteiger partial charge in [-0.05, 0) is 61.0 Å². The lowest BCUT2D eigenvalue weighted by molar-refractivity contribution is -0.0712. The SMILES string of the molecule is Cc1nc(C(=O)Nc2cc3cc(C4CCN(C5COC5)CC4)c(Cl)cc3cn2)co1. The quantitative estimate of drug-likeness (QED) is 0.678. The Morgan fingerprint density at radius 2 is 2.00 bits per heavy atom. The van der Waals surface area contributed by atoms with Crippen LogP contribution >= 0.6 is 11.6 Å². The fraction of sp³-hybridized carbons (Fsp3) is 0.409. The van der Waals surface area contributed by atoms with Crippen molar-refractivity contribution >= 4 is 34.1 Å². The van der Waals surface area contributed by atoms with E-state index in [4.69, 9.17) is 20.8 Å². The number of anilines is 1. The van der Waals surface area contributed by atoms with Crippen molar-refractivity contribution in [2.24, 2.45) is 0 Å². The van der Waals surface area contributed by atoms with Gasteiger partial charge in [0.15, 0.2) is 11.6 Å². The summed E-state index contributed by atoms with van der Waals surface area (Å²) >= 11 is 6.63. The molecule has 3 aromatic rings. The third-order valence-corrected chi connectivity index (χ3v) is 6.36. The molecule has 0 unspecified atom stereocenters. The van der Waals surface area contributed by atoms with Gasteiger partial charge in [-0.25, -0.2) is 9.97 Å². The Morgan fingerprint density at radius 1 is 1.20 bits per heavy atom. The number of oxazole rings is 1. The molecule has 0 aliphatic carbocycles. The second-order valence-corrected chi connectivity index (χ2v) is 8.41. The van der Waals surface area contributed by atoms with Crippen molar-refractivity contribution in [2.75, 3.05) is 31.6 Å². The number of aromatic nitrogens is 2. The third kappa shape index (κ3) is 3.80. The van der Waals surface area contributed by atoms with Gasteiger partial charge >= 0.3 is 0 Å². The summed E-state index contributed by atoms with van der Waals surface area (Å²) in [5, 5.41) is 5.52. The van der Waals surface area contributed by atoms with Crippen molar-refractivity contribution in [3.05, 3.63) is 52.8 Å². The van der Waals surface area contributed by atoms with Crippen LogP contribution in [0.3, 0.4) is 0 Å². The molecule has 2 aromatic heterocycles. The van der Waals surface area contributed by atoms with E-state index in [0.29, 0.717) is 23.7 Å². The van der Waals surface area contributed by atoms with Gasteiger partial charge in [0.1, 0.15) is 12.1 Å². The van der Waals surface area contributed by atoms with Crippen LogP contribution in [-0.4, -0.2) is 53.1 Å². The van der Waals surface area contributed by atoms with E-state index in [0.717, 1.165) is 54.9 Å². The molecular weight excluding hydrogens is 404 g/mol. The molecule has 8 heteroatoms. The first-order valence-corrected chi connectivity index (χ1v) is 10.6. The van der Waals surface area contributed by atoms with E-state index < -0.39 is 0 Å². The first kappa shape index (κ1) is 19.5. The summed E-state index contributed by atoms with van der Waals surface area (Å²) in [5.74, 6) is 1.01. The number of hydrogen-bond donors (Lipinski definition) is 1. The Kier molecular flexibility index (Phi) is 5.18. The number of fused-ring (bicyclic) bond motifs is 1. The van der Waals surface area contributed by atoms with Crippen molar-refractivity contribution in [2.45, 2.75) is 31.7 Å². The van der Waals surface area contributed by atoms with Gasteiger partial charge < -0.3 is 14.5 Å². The summed E-state index contributed by atoms with van der Waals surface area (Å²) in [6, 6.07) is 6.57. The van der Waals surface area contributed by atoms with Gasteiger partial charge in [0.25, 0.3) is 5.91 Å². The number of carbonyl (C=O) groups excluding carboxylic acids is 1. The standard InChI is InChI=1S/C22H23ClN4O3/c1-13-25-20(12-30-13)22(28)26-21-8-15-6-18(19(23)7-16(15)9-24-21)14-2-4-27(5-3-14)17-10-29-11-17/h6-9,12,14,17H,2-5,10-11H2,1H3,(H,24,26,28). The van der Waals surface area contributed by atoms with Gasteiger partial charge in [-0.1, -0.05) is 11.6 Å². The van der Waals surface area contributed by atoms with Gasteiger partial charge in [0, 0.05) is 23.5 Å². The van der Waals surface area contributed by atoms with Crippen LogP contribution in [0.5, 0.6) is 0 Å². The Hall–Kier alpha value is -2.48. The van der Waals surface area contributed by atoms with Crippen molar-refractivity contribution in [1.82, 2.24) is 14.9 Å². The minimum Gasteiger partial charge on any atom is -0.448 e. The Morgan fingerprint density at radius 3 is 2.67 bits per heavy atom. The Bertz CT molecular complexity index is 1090. The molecule has 1 aromatic carbocycles. The monoisotopic (exact) mass is 426 g/mol. The fourth-order valence-corrected chi connectivity index (χ4v) is 4.55. The zero-order chi connectivity index (χ0) is 20.7. The molecular formula is C22H23ClN4O3. The minimum absolute atomic E-state index is 0.231. The van der Waals surface area contributed by atoms with Crippen molar-refractivity contribution in [1.29, 1.82) is 0 Å². The zero-order valence-corrected chi connectivity index (χ0v) is 17.5. The number of nitrogens with one attached hydrogen (secondary N) is 1. The van der Waals surface area contributed by atoms with E-state index in [9.17, 15) is 4.79 Å². The molecule has 5 rings (SSSR count). The second kappa shape index (κ2) is 7.98. The Balaban J connectivity index is 1.35. The average Bonchev–Trinajstić information content (AvgIpc) is 3.14. The zero-order valence-electron chi connectivity index (χ0n) is 16.7. The van der Waals surface area contributed by atoms with E-state index in [1.54, 1.807) is 13.1 Å². The van der Waals surface area contributed by atoms with Gasteiger partial charge in [-0.3, -0.25) is 9.69 Å². The lowest BCUT2D eigenvalue weighted by Gasteiger charge is -2.41. The molecule has 2 saturated heterocycles. The maximum atomic E-state index is 12.3. The average molecular weight is 427 g/mol.